The largest absolute Gasteiger partial charge is 0.494 e. The van der Waals surface area contributed by atoms with Gasteiger partial charge in [-0.05, 0) is 124 Å². The van der Waals surface area contributed by atoms with Crippen molar-refractivity contribution in [3.8, 4) is 5.75 Å². The number of anilines is 2. The van der Waals surface area contributed by atoms with Crippen LogP contribution in [0.15, 0.2) is 96.2 Å². The first-order chi connectivity index (χ1) is 35.4. The number of hydrogen-bond donors (Lipinski definition) is 5. The molecule has 4 aromatic rings. The van der Waals surface area contributed by atoms with E-state index in [2.05, 4.69) is 42.8 Å². The molecule has 19 nitrogen and oxygen atoms in total. The molecule has 1 atom stereocenters. The predicted octanol–water partition coefficient (Wildman–Crippen LogP) is 4.35. The molecule has 0 saturated carbocycles. The van der Waals surface area contributed by atoms with Gasteiger partial charge in [0, 0.05) is 119 Å². The summed E-state index contributed by atoms with van der Waals surface area (Å²) in [6.45, 7) is 6.98. The molecule has 4 aliphatic rings. The fourth-order valence-corrected chi connectivity index (χ4v) is 9.51. The maximum absolute atomic E-state index is 13.3. The molecule has 8 rings (SSSR count). The van der Waals surface area contributed by atoms with Gasteiger partial charge in [-0.3, -0.25) is 39.7 Å². The number of carbonyl (C=O) groups is 5. The van der Waals surface area contributed by atoms with Gasteiger partial charge in [-0.2, -0.15) is 0 Å². The molecule has 0 bridgehead atoms. The molecule has 4 aliphatic heterocycles. The Bertz CT molecular complexity index is 2610. The SMILES string of the molecule is CN1CCC(Nc2cccc(C(=O)NCc3ccc(OCCCCCOCCCOCC(=O)N4CCN(c5ccc6c(c5)CN(C5CCC(=O)NC5=O)C6=O)CC4)cc3)c2)(C(N)=NC(=N)c2ccncc2)CC1. The minimum atomic E-state index is -0.681. The number of amidine groups is 2. The van der Waals surface area contributed by atoms with Crippen LogP contribution in [0.2, 0.25) is 0 Å². The maximum Gasteiger partial charge on any atom is 0.255 e. The molecule has 3 saturated heterocycles. The quantitative estimate of drug-likeness (QED) is 0.0319. The Balaban J connectivity index is 0.650. The van der Waals surface area contributed by atoms with E-state index in [0.29, 0.717) is 114 Å². The zero-order chi connectivity index (χ0) is 51.2. The molecule has 0 spiro atoms. The fourth-order valence-electron chi connectivity index (χ4n) is 9.51. The van der Waals surface area contributed by atoms with Crippen molar-refractivity contribution in [1.82, 2.24) is 30.3 Å². The summed E-state index contributed by atoms with van der Waals surface area (Å²) in [6.07, 6.45) is 8.64. The van der Waals surface area contributed by atoms with Crippen LogP contribution in [0.5, 0.6) is 5.75 Å². The van der Waals surface area contributed by atoms with Crippen molar-refractivity contribution in [1.29, 1.82) is 5.41 Å². The Hall–Kier alpha value is -7.22. The Kier molecular flexibility index (Phi) is 17.8. The molecular weight excluding hydrogens is 931 g/mol. The monoisotopic (exact) mass is 998 g/mol. The first-order valence-corrected chi connectivity index (χ1v) is 25.3. The summed E-state index contributed by atoms with van der Waals surface area (Å²) in [5, 5.41) is 17.5. The molecule has 1 aromatic heterocycles. The van der Waals surface area contributed by atoms with Gasteiger partial charge in [0.1, 0.15) is 24.2 Å². The number of pyridine rings is 1. The van der Waals surface area contributed by atoms with Crippen molar-refractivity contribution in [3.05, 3.63) is 119 Å². The number of ether oxygens (including phenoxy) is 3. The number of imide groups is 1. The summed E-state index contributed by atoms with van der Waals surface area (Å²) >= 11 is 0. The van der Waals surface area contributed by atoms with E-state index in [4.69, 9.17) is 25.4 Å². The number of unbranched alkanes of at least 4 members (excludes halogenated alkanes) is 2. The summed E-state index contributed by atoms with van der Waals surface area (Å²) in [6, 6.07) is 23.6. The zero-order valence-corrected chi connectivity index (χ0v) is 41.6. The number of aliphatic imine (C=N–C) groups is 1. The van der Waals surface area contributed by atoms with Gasteiger partial charge in [-0.1, -0.05) is 18.2 Å². The Morgan fingerprint density at radius 3 is 2.36 bits per heavy atom. The van der Waals surface area contributed by atoms with Crippen molar-refractivity contribution in [2.45, 2.75) is 76.0 Å². The Morgan fingerprint density at radius 1 is 0.849 bits per heavy atom. The van der Waals surface area contributed by atoms with Gasteiger partial charge in [-0.25, -0.2) is 4.99 Å². The Morgan fingerprint density at radius 2 is 1.59 bits per heavy atom. The van der Waals surface area contributed by atoms with Gasteiger partial charge in [0.25, 0.3) is 11.8 Å². The third-order valence-electron chi connectivity index (χ3n) is 13.9. The van der Waals surface area contributed by atoms with Crippen LogP contribution in [0.4, 0.5) is 11.4 Å². The second kappa shape index (κ2) is 24.9. The highest BCUT2D eigenvalue weighted by atomic mass is 16.5. The van der Waals surface area contributed by atoms with Crippen LogP contribution in [-0.4, -0.2) is 152 Å². The molecule has 5 amide bonds. The molecule has 19 heteroatoms. The number of piperidine rings is 2. The summed E-state index contributed by atoms with van der Waals surface area (Å²) in [4.78, 5) is 79.6. The minimum absolute atomic E-state index is 0.0293. The van der Waals surface area contributed by atoms with Crippen molar-refractivity contribution < 1.29 is 38.2 Å². The smallest absolute Gasteiger partial charge is 0.255 e. The molecule has 3 fully saturated rings. The highest BCUT2D eigenvalue weighted by molar-refractivity contribution is 6.08. The molecule has 1 unspecified atom stereocenters. The van der Waals surface area contributed by atoms with E-state index in [-0.39, 0.29) is 42.5 Å². The van der Waals surface area contributed by atoms with E-state index < -0.39 is 17.5 Å². The van der Waals surface area contributed by atoms with E-state index in [0.717, 1.165) is 60.6 Å². The number of nitrogens with one attached hydrogen (secondary N) is 4. The molecular formula is C54H67N11O8. The van der Waals surface area contributed by atoms with Crippen molar-refractivity contribution >= 4 is 52.6 Å². The lowest BCUT2D eigenvalue weighted by atomic mass is 9.85. The fraction of sp³-hybridized carbons (Fsp3) is 0.444. The third kappa shape index (κ3) is 13.8. The normalized spacial score (nSPS) is 18.0. The van der Waals surface area contributed by atoms with Crippen LogP contribution in [0.1, 0.15) is 88.8 Å². The number of nitrogens with two attached hydrogens (primary N) is 1. The molecule has 5 heterocycles. The molecule has 0 aliphatic carbocycles. The number of likely N-dealkylation sites (tertiary alicyclic amines) is 1. The molecule has 6 N–H and O–H groups in total. The third-order valence-corrected chi connectivity index (χ3v) is 13.9. The summed E-state index contributed by atoms with van der Waals surface area (Å²) in [7, 11) is 2.07. The topological polar surface area (TPSA) is 237 Å². The molecule has 73 heavy (non-hydrogen) atoms. The summed E-state index contributed by atoms with van der Waals surface area (Å²) in [5.41, 5.74) is 11.2. The lowest BCUT2D eigenvalue weighted by molar-refractivity contribution is -0.137. The highest BCUT2D eigenvalue weighted by Crippen LogP contribution is 2.32. The van der Waals surface area contributed by atoms with E-state index in [9.17, 15) is 24.0 Å². The van der Waals surface area contributed by atoms with Crippen LogP contribution in [0.3, 0.4) is 0 Å². The number of hydrogen-bond acceptors (Lipinski definition) is 13. The zero-order valence-electron chi connectivity index (χ0n) is 41.6. The van der Waals surface area contributed by atoms with E-state index in [1.165, 1.54) is 0 Å². The maximum atomic E-state index is 13.3. The number of nitrogens with zero attached hydrogens (tertiary/aromatic N) is 6. The number of amides is 5. The first-order valence-electron chi connectivity index (χ1n) is 25.3. The van der Waals surface area contributed by atoms with E-state index in [1.54, 1.807) is 35.5 Å². The lowest BCUT2D eigenvalue weighted by Crippen LogP contribution is -2.56. The summed E-state index contributed by atoms with van der Waals surface area (Å²) in [5.74, 6) is 0.0149. The lowest BCUT2D eigenvalue weighted by Gasteiger charge is -2.41. The standard InChI is InChI=1S/C54H67N11O8/c1-62-23-19-54(20-24-62,53(56)60-49(55)39-17-21-57-22-18-39)61-42-8-5-7-40(33-42)50(68)58-35-38-9-12-44(13-10-38)73-32-4-2-3-29-71-30-6-31-72-37-48(67)64-27-25-63(26-28-64)43-11-14-45-41(34-43)36-65(52(45)70)46-15-16-47(66)59-51(46)69/h5,7-14,17-18,21-22,33-34,46,61H,2-4,6,15-16,19-20,23-32,35-37H2,1H3,(H,58,68)(H3,55,56,60)(H,59,66,69). The summed E-state index contributed by atoms with van der Waals surface area (Å²) < 4.78 is 17.4. The Labute approximate surface area is 426 Å². The van der Waals surface area contributed by atoms with Crippen molar-refractivity contribution in [2.75, 3.05) is 89.6 Å². The van der Waals surface area contributed by atoms with Gasteiger partial charge in [0.05, 0.1) is 12.1 Å². The van der Waals surface area contributed by atoms with Crippen LogP contribution >= 0.6 is 0 Å². The number of fused-ring (bicyclic) bond motifs is 1. The van der Waals surface area contributed by atoms with Gasteiger partial charge in [0.2, 0.25) is 17.7 Å². The number of aromatic nitrogens is 1. The van der Waals surface area contributed by atoms with Crippen LogP contribution < -0.4 is 31.3 Å². The molecule has 386 valence electrons. The number of rotatable bonds is 22. The average Bonchev–Trinajstić information content (AvgIpc) is 3.73. The highest BCUT2D eigenvalue weighted by Gasteiger charge is 2.40. The average molecular weight is 998 g/mol. The number of carbonyl (C=O) groups excluding carboxylic acids is 5. The van der Waals surface area contributed by atoms with E-state index in [1.807, 2.05) is 65.6 Å². The predicted molar refractivity (Wildman–Crippen MR) is 277 cm³/mol. The second-order valence-corrected chi connectivity index (χ2v) is 19.0. The van der Waals surface area contributed by atoms with Crippen LogP contribution in [-0.2, 0) is 36.9 Å². The van der Waals surface area contributed by atoms with Crippen molar-refractivity contribution in [3.63, 3.8) is 0 Å². The van der Waals surface area contributed by atoms with E-state index >= 15 is 0 Å². The first kappa shape index (κ1) is 52.1. The van der Waals surface area contributed by atoms with Gasteiger partial charge < -0.3 is 50.2 Å². The van der Waals surface area contributed by atoms with Crippen LogP contribution in [0.25, 0.3) is 0 Å². The van der Waals surface area contributed by atoms with Gasteiger partial charge in [0.15, 0.2) is 5.84 Å². The second-order valence-electron chi connectivity index (χ2n) is 19.0. The van der Waals surface area contributed by atoms with Gasteiger partial charge in [-0.15, -0.1) is 0 Å². The number of benzene rings is 3. The molecule has 3 aromatic carbocycles. The van der Waals surface area contributed by atoms with Crippen LogP contribution in [0, 0.1) is 5.41 Å². The molecule has 0 radical (unpaired) electrons. The number of piperazine rings is 1. The van der Waals surface area contributed by atoms with Crippen molar-refractivity contribution in [2.24, 2.45) is 10.7 Å². The van der Waals surface area contributed by atoms with Gasteiger partial charge >= 0.3 is 0 Å². The minimum Gasteiger partial charge on any atom is -0.494 e.